The lowest BCUT2D eigenvalue weighted by Crippen LogP contribution is -2.08. The Bertz CT molecular complexity index is 1180. The molecule has 0 fully saturated rings. The molecule has 0 aromatic carbocycles. The SMILES string of the molecule is C.CS(=N)(=O)Cc1ccc(C(F)(F)F)nc1.CS(=O)(Cc1ccc(C(F)(F)F)nc1)=NC#N.P. The Hall–Kier alpha value is -2.30. The average molecular weight is 552 g/mol. The van der Waals surface area contributed by atoms with E-state index >= 15 is 0 Å². The fourth-order valence-corrected chi connectivity index (χ4v) is 3.93. The van der Waals surface area contributed by atoms with Crippen LogP contribution in [0.25, 0.3) is 0 Å². The van der Waals surface area contributed by atoms with Crippen molar-refractivity contribution in [3.8, 4) is 6.19 Å². The molecule has 192 valence electrons. The topological polar surface area (TPSA) is 120 Å². The van der Waals surface area contributed by atoms with Gasteiger partial charge in [0.25, 0.3) is 0 Å². The summed E-state index contributed by atoms with van der Waals surface area (Å²) in [6, 6.07) is 3.98. The summed E-state index contributed by atoms with van der Waals surface area (Å²) < 4.78 is 106. The molecule has 2 rings (SSSR count). The molecule has 2 aromatic heterocycles. The highest BCUT2D eigenvalue weighted by molar-refractivity contribution is 7.92. The molecule has 3 unspecified atom stereocenters. The van der Waals surface area contributed by atoms with Crippen molar-refractivity contribution in [3.63, 3.8) is 0 Å². The van der Waals surface area contributed by atoms with Gasteiger partial charge in [-0.3, -0.25) is 14.7 Å². The second-order valence-electron chi connectivity index (χ2n) is 6.54. The van der Waals surface area contributed by atoms with E-state index in [1.165, 1.54) is 30.8 Å². The summed E-state index contributed by atoms with van der Waals surface area (Å²) in [6.45, 7) is 0. The highest BCUT2D eigenvalue weighted by Crippen LogP contribution is 2.28. The number of hydrogen-bond acceptors (Lipinski definition) is 7. The summed E-state index contributed by atoms with van der Waals surface area (Å²) in [6.07, 6.45) is -3.08. The molecular formula is C18H24F6N5O2PS2. The summed E-state index contributed by atoms with van der Waals surface area (Å²) in [7, 11) is -5.49. The molecule has 2 aromatic rings. The number of rotatable bonds is 4. The lowest BCUT2D eigenvalue weighted by atomic mass is 10.3. The summed E-state index contributed by atoms with van der Waals surface area (Å²) in [5, 5.41) is 8.27. The van der Waals surface area contributed by atoms with Crippen molar-refractivity contribution in [2.45, 2.75) is 31.3 Å². The van der Waals surface area contributed by atoms with Gasteiger partial charge in [0.1, 0.15) is 11.4 Å². The van der Waals surface area contributed by atoms with E-state index in [4.69, 9.17) is 10.0 Å². The molecule has 0 aliphatic carbocycles. The first-order chi connectivity index (χ1) is 14.4. The van der Waals surface area contributed by atoms with Crippen LogP contribution < -0.4 is 0 Å². The molecule has 0 bridgehead atoms. The summed E-state index contributed by atoms with van der Waals surface area (Å²) in [5.74, 6) is -0.191. The van der Waals surface area contributed by atoms with Crippen LogP contribution in [0.15, 0.2) is 41.0 Å². The van der Waals surface area contributed by atoms with E-state index in [1.807, 2.05) is 0 Å². The Balaban J connectivity index is 0. The van der Waals surface area contributed by atoms with Gasteiger partial charge in [0.05, 0.1) is 21.2 Å². The largest absolute Gasteiger partial charge is 0.433 e. The van der Waals surface area contributed by atoms with Crippen molar-refractivity contribution in [3.05, 3.63) is 59.2 Å². The van der Waals surface area contributed by atoms with Gasteiger partial charge in [-0.15, -0.1) is 4.36 Å². The van der Waals surface area contributed by atoms with Gasteiger partial charge in [0.15, 0.2) is 0 Å². The molecular weight excluding hydrogens is 527 g/mol. The number of aromatic nitrogens is 2. The Morgan fingerprint density at radius 1 is 0.912 bits per heavy atom. The smallest absolute Gasteiger partial charge is 0.253 e. The zero-order chi connectivity index (χ0) is 24.8. The van der Waals surface area contributed by atoms with Gasteiger partial charge < -0.3 is 0 Å². The van der Waals surface area contributed by atoms with Crippen LogP contribution in [0.4, 0.5) is 26.3 Å². The normalized spacial score (nSPS) is 14.4. The predicted octanol–water partition coefficient (Wildman–Crippen LogP) is 5.15. The van der Waals surface area contributed by atoms with Crippen molar-refractivity contribution >= 4 is 29.4 Å². The van der Waals surface area contributed by atoms with Gasteiger partial charge in [-0.05, 0) is 23.3 Å². The predicted molar refractivity (Wildman–Crippen MR) is 123 cm³/mol. The van der Waals surface area contributed by atoms with Crippen LogP contribution in [0.1, 0.15) is 29.9 Å². The quantitative estimate of drug-likeness (QED) is 0.320. The van der Waals surface area contributed by atoms with Crippen LogP contribution in [0.5, 0.6) is 0 Å². The number of nitrogens with zero attached hydrogens (tertiary/aromatic N) is 4. The maximum Gasteiger partial charge on any atom is 0.433 e. The van der Waals surface area contributed by atoms with Gasteiger partial charge in [0.2, 0.25) is 6.19 Å². The third-order valence-corrected chi connectivity index (χ3v) is 5.56. The van der Waals surface area contributed by atoms with E-state index in [1.54, 1.807) is 0 Å². The van der Waals surface area contributed by atoms with Crippen LogP contribution in [-0.2, 0) is 43.3 Å². The van der Waals surface area contributed by atoms with Crippen LogP contribution in [0, 0.1) is 16.2 Å². The molecule has 0 saturated heterocycles. The molecule has 0 saturated carbocycles. The van der Waals surface area contributed by atoms with Crippen LogP contribution in [0.2, 0.25) is 0 Å². The fourth-order valence-electron chi connectivity index (χ4n) is 2.10. The maximum atomic E-state index is 12.2. The molecule has 2 heterocycles. The Kier molecular flexibility index (Phi) is 12.9. The number of hydrogen-bond donors (Lipinski definition) is 1. The molecule has 7 nitrogen and oxygen atoms in total. The van der Waals surface area contributed by atoms with Crippen LogP contribution in [-0.4, -0.2) is 30.9 Å². The summed E-state index contributed by atoms with van der Waals surface area (Å²) >= 11 is 0. The number of alkyl halides is 6. The van der Waals surface area contributed by atoms with Crippen LogP contribution in [0.3, 0.4) is 0 Å². The number of nitrogens with one attached hydrogen (secondary N) is 1. The zero-order valence-corrected chi connectivity index (χ0v) is 20.3. The van der Waals surface area contributed by atoms with Gasteiger partial charge in [0, 0.05) is 34.6 Å². The molecule has 0 spiro atoms. The first kappa shape index (κ1) is 33.9. The van der Waals surface area contributed by atoms with E-state index in [-0.39, 0.29) is 28.8 Å². The van der Waals surface area contributed by atoms with Gasteiger partial charge in [-0.2, -0.15) is 41.5 Å². The molecule has 3 atom stereocenters. The molecule has 16 heteroatoms. The minimum Gasteiger partial charge on any atom is -0.253 e. The minimum absolute atomic E-state index is 0. The van der Waals surface area contributed by atoms with Crippen LogP contribution >= 0.6 is 9.90 Å². The van der Waals surface area contributed by atoms with E-state index < -0.39 is 43.2 Å². The van der Waals surface area contributed by atoms with Crippen molar-refractivity contribution in [1.82, 2.24) is 9.97 Å². The van der Waals surface area contributed by atoms with E-state index in [9.17, 15) is 34.8 Å². The fraction of sp³-hybridized carbons (Fsp3) is 0.389. The Labute approximate surface area is 197 Å². The average Bonchev–Trinajstić information content (AvgIpc) is 2.60. The molecule has 1 N–H and O–H groups in total. The minimum atomic E-state index is -4.50. The molecule has 0 amide bonds. The van der Waals surface area contributed by atoms with E-state index in [2.05, 4.69) is 14.3 Å². The van der Waals surface area contributed by atoms with Crippen molar-refractivity contribution in [1.29, 1.82) is 10.0 Å². The third kappa shape index (κ3) is 12.8. The molecule has 0 aliphatic heterocycles. The number of nitriles is 1. The van der Waals surface area contributed by atoms with Crippen molar-refractivity contribution in [2.24, 2.45) is 4.36 Å². The highest BCUT2D eigenvalue weighted by Gasteiger charge is 2.32. The van der Waals surface area contributed by atoms with Gasteiger partial charge in [-0.25, -0.2) is 8.42 Å². The summed E-state index contributed by atoms with van der Waals surface area (Å²) in [4.78, 5) is 6.42. The molecule has 0 aliphatic rings. The second kappa shape index (κ2) is 13.0. The molecule has 34 heavy (non-hydrogen) atoms. The Morgan fingerprint density at radius 2 is 1.29 bits per heavy atom. The van der Waals surface area contributed by atoms with Crippen molar-refractivity contribution in [2.75, 3.05) is 12.5 Å². The number of halogens is 6. The maximum absolute atomic E-state index is 12.2. The number of pyridine rings is 2. The van der Waals surface area contributed by atoms with E-state index in [0.29, 0.717) is 11.1 Å². The van der Waals surface area contributed by atoms with Gasteiger partial charge >= 0.3 is 12.4 Å². The lowest BCUT2D eigenvalue weighted by Gasteiger charge is -2.06. The van der Waals surface area contributed by atoms with Crippen molar-refractivity contribution < 1.29 is 34.8 Å². The highest BCUT2D eigenvalue weighted by atomic mass is 32.2. The summed E-state index contributed by atoms with van der Waals surface area (Å²) in [5.41, 5.74) is -1.30. The molecule has 0 radical (unpaired) electrons. The lowest BCUT2D eigenvalue weighted by molar-refractivity contribution is -0.142. The zero-order valence-electron chi connectivity index (χ0n) is 17.3. The van der Waals surface area contributed by atoms with E-state index in [0.717, 1.165) is 24.5 Å². The third-order valence-electron chi connectivity index (χ3n) is 3.34. The first-order valence-electron chi connectivity index (χ1n) is 8.26. The Morgan fingerprint density at radius 3 is 1.56 bits per heavy atom. The first-order valence-corrected chi connectivity index (χ1v) is 12.5. The van der Waals surface area contributed by atoms with Gasteiger partial charge in [-0.1, -0.05) is 19.6 Å². The second-order valence-corrected chi connectivity index (χ2v) is 11.2. The monoisotopic (exact) mass is 551 g/mol. The standard InChI is InChI=1S/C9H8F3N3OS.C8H9F3N2OS.CH4.H3P/c1-17(16,15-6-13)5-7-2-3-8(14-4-7)9(10,11)12;1-15(12,14)5-6-2-3-7(13-4-6)8(9,10)11;;/h2-4H,5H2,1H3;2-4,12H,5H2,1H3;1H4;1H3.